The molecule has 0 aliphatic carbocycles. The van der Waals surface area contributed by atoms with Gasteiger partial charge in [-0.15, -0.1) is 0 Å². The van der Waals surface area contributed by atoms with Crippen molar-refractivity contribution in [3.8, 4) is 0 Å². The van der Waals surface area contributed by atoms with Gasteiger partial charge < -0.3 is 22.1 Å². The maximum atomic E-state index is 11.4. The molecule has 0 radical (unpaired) electrons. The Balaban J connectivity index is 2.34. The first-order valence-corrected chi connectivity index (χ1v) is 7.44. The summed E-state index contributed by atoms with van der Waals surface area (Å²) >= 11 is 0. The highest BCUT2D eigenvalue weighted by Crippen LogP contribution is 2.33. The third kappa shape index (κ3) is 4.56. The molecule has 0 unspecified atom stereocenters. The zero-order chi connectivity index (χ0) is 16.8. The third-order valence-corrected chi connectivity index (χ3v) is 3.59. The van der Waals surface area contributed by atoms with Gasteiger partial charge in [-0.1, -0.05) is 12.8 Å². The van der Waals surface area contributed by atoms with Crippen molar-refractivity contribution < 1.29 is 4.92 Å². The quantitative estimate of drug-likeness (QED) is 0.330. The number of nitrogens with two attached hydrogens (primary N) is 3. The van der Waals surface area contributed by atoms with E-state index in [0.29, 0.717) is 11.4 Å². The van der Waals surface area contributed by atoms with E-state index < -0.39 is 4.92 Å². The van der Waals surface area contributed by atoms with Crippen LogP contribution in [0, 0.1) is 10.1 Å². The van der Waals surface area contributed by atoms with Crippen molar-refractivity contribution in [1.82, 2.24) is 0 Å². The van der Waals surface area contributed by atoms with E-state index in [1.807, 2.05) is 0 Å². The van der Waals surface area contributed by atoms with E-state index in [1.165, 1.54) is 6.07 Å². The molecule has 1 aliphatic rings. The largest absolute Gasteiger partial charge is 0.370 e. The van der Waals surface area contributed by atoms with Gasteiger partial charge in [0.1, 0.15) is 5.69 Å². The van der Waals surface area contributed by atoms with Gasteiger partial charge in [0, 0.05) is 19.2 Å². The van der Waals surface area contributed by atoms with Crippen molar-refractivity contribution in [1.29, 1.82) is 0 Å². The summed E-state index contributed by atoms with van der Waals surface area (Å²) in [7, 11) is 0. The molecule has 0 saturated carbocycles. The van der Waals surface area contributed by atoms with Crippen molar-refractivity contribution in [2.75, 3.05) is 18.0 Å². The second-order valence-electron chi connectivity index (χ2n) is 5.34. The zero-order valence-electron chi connectivity index (χ0n) is 12.8. The molecule has 0 atom stereocenters. The van der Waals surface area contributed by atoms with Gasteiger partial charge in [0.15, 0.2) is 5.96 Å². The Morgan fingerprint density at radius 2 is 1.78 bits per heavy atom. The van der Waals surface area contributed by atoms with E-state index in [9.17, 15) is 10.1 Å². The molecule has 124 valence electrons. The van der Waals surface area contributed by atoms with Gasteiger partial charge in [0.25, 0.3) is 5.69 Å². The van der Waals surface area contributed by atoms with Crippen LogP contribution < -0.4 is 22.1 Å². The SMILES string of the molecule is NC(N)=NC(N)=Nc1ccc(N2CCCCCC2)c([N+](=O)[O-])c1. The van der Waals surface area contributed by atoms with Gasteiger partial charge in [0.2, 0.25) is 5.96 Å². The van der Waals surface area contributed by atoms with E-state index in [1.54, 1.807) is 12.1 Å². The lowest BCUT2D eigenvalue weighted by molar-refractivity contribution is -0.384. The summed E-state index contributed by atoms with van der Waals surface area (Å²) < 4.78 is 0. The van der Waals surface area contributed by atoms with Crippen molar-refractivity contribution >= 4 is 29.0 Å². The number of benzene rings is 1. The van der Waals surface area contributed by atoms with E-state index >= 15 is 0 Å². The van der Waals surface area contributed by atoms with Crippen LogP contribution in [-0.2, 0) is 0 Å². The minimum atomic E-state index is -0.407. The van der Waals surface area contributed by atoms with Gasteiger partial charge in [-0.25, -0.2) is 4.99 Å². The monoisotopic (exact) mass is 319 g/mol. The fraction of sp³-hybridized carbons (Fsp3) is 0.429. The smallest absolute Gasteiger partial charge is 0.294 e. The molecule has 0 spiro atoms. The Bertz CT molecular complexity index is 630. The van der Waals surface area contributed by atoms with Gasteiger partial charge in [-0.3, -0.25) is 10.1 Å². The molecule has 6 N–H and O–H groups in total. The van der Waals surface area contributed by atoms with Crippen molar-refractivity contribution in [2.45, 2.75) is 25.7 Å². The molecule has 1 aliphatic heterocycles. The fourth-order valence-corrected chi connectivity index (χ4v) is 2.60. The summed E-state index contributed by atoms with van der Waals surface area (Å²) in [5.74, 6) is -0.372. The number of nitro groups is 1. The molecule has 23 heavy (non-hydrogen) atoms. The summed E-state index contributed by atoms with van der Waals surface area (Å²) in [5, 5.41) is 11.4. The summed E-state index contributed by atoms with van der Waals surface area (Å²) in [6.07, 6.45) is 4.38. The molecule has 0 amide bonds. The van der Waals surface area contributed by atoms with Crippen LogP contribution in [0.3, 0.4) is 0 Å². The van der Waals surface area contributed by atoms with E-state index in [4.69, 9.17) is 17.2 Å². The van der Waals surface area contributed by atoms with Crippen molar-refractivity contribution in [3.05, 3.63) is 28.3 Å². The minimum absolute atomic E-state index is 0.00523. The lowest BCUT2D eigenvalue weighted by Gasteiger charge is -2.22. The number of hydrogen-bond donors (Lipinski definition) is 3. The van der Waals surface area contributed by atoms with E-state index in [0.717, 1.165) is 38.8 Å². The molecular weight excluding hydrogens is 298 g/mol. The average molecular weight is 319 g/mol. The fourth-order valence-electron chi connectivity index (χ4n) is 2.60. The van der Waals surface area contributed by atoms with Crippen LogP contribution in [0.2, 0.25) is 0 Å². The molecule has 1 saturated heterocycles. The van der Waals surface area contributed by atoms with Crippen molar-refractivity contribution in [3.63, 3.8) is 0 Å². The zero-order valence-corrected chi connectivity index (χ0v) is 12.8. The van der Waals surface area contributed by atoms with Gasteiger partial charge in [-0.2, -0.15) is 4.99 Å². The van der Waals surface area contributed by atoms with Crippen molar-refractivity contribution in [2.24, 2.45) is 27.2 Å². The number of anilines is 1. The molecule has 1 fully saturated rings. The summed E-state index contributed by atoms with van der Waals surface area (Å²) in [4.78, 5) is 20.6. The van der Waals surface area contributed by atoms with Gasteiger partial charge in [-0.05, 0) is 25.0 Å². The number of guanidine groups is 2. The predicted octanol–water partition coefficient (Wildman–Crippen LogP) is 1.19. The van der Waals surface area contributed by atoms with Crippen LogP contribution >= 0.6 is 0 Å². The first-order chi connectivity index (χ1) is 11.0. The molecule has 9 nitrogen and oxygen atoms in total. The Hall–Kier alpha value is -2.84. The van der Waals surface area contributed by atoms with Crippen LogP contribution in [0.1, 0.15) is 25.7 Å². The highest BCUT2D eigenvalue weighted by atomic mass is 16.6. The molecule has 0 bridgehead atoms. The standard InChI is InChI=1S/C14H21N7O2/c15-13(16)19-14(17)18-10-5-6-11(12(9-10)21(22)23)20-7-3-1-2-4-8-20/h5-6,9H,1-4,7-8H2,(H6,15,16,17,18,19). The molecular formula is C14H21N7O2. The summed E-state index contributed by atoms with van der Waals surface area (Å²) in [5.41, 5.74) is 16.9. The van der Waals surface area contributed by atoms with Gasteiger partial charge >= 0.3 is 0 Å². The molecule has 0 aromatic heterocycles. The van der Waals surface area contributed by atoms with Gasteiger partial charge in [0.05, 0.1) is 10.6 Å². The maximum absolute atomic E-state index is 11.4. The molecule has 2 rings (SSSR count). The first-order valence-electron chi connectivity index (χ1n) is 7.44. The van der Waals surface area contributed by atoms with Crippen LogP contribution in [0.4, 0.5) is 17.1 Å². The lowest BCUT2D eigenvalue weighted by Crippen LogP contribution is -2.26. The summed E-state index contributed by atoms with van der Waals surface area (Å²) in [6.45, 7) is 1.64. The number of aliphatic imine (C=N–C) groups is 2. The third-order valence-electron chi connectivity index (χ3n) is 3.59. The normalized spacial score (nSPS) is 15.8. The molecule has 1 heterocycles. The number of hydrogen-bond acceptors (Lipinski definition) is 4. The predicted molar refractivity (Wildman–Crippen MR) is 90.9 cm³/mol. The highest BCUT2D eigenvalue weighted by molar-refractivity contribution is 5.93. The lowest BCUT2D eigenvalue weighted by atomic mass is 10.2. The number of nitrogens with zero attached hydrogens (tertiary/aromatic N) is 4. The summed E-state index contributed by atoms with van der Waals surface area (Å²) in [6, 6.07) is 4.75. The minimum Gasteiger partial charge on any atom is -0.370 e. The molecule has 1 aromatic rings. The second kappa shape index (κ2) is 7.43. The first kappa shape index (κ1) is 16.5. The average Bonchev–Trinajstić information content (AvgIpc) is 2.75. The number of rotatable bonds is 3. The maximum Gasteiger partial charge on any atom is 0.294 e. The number of nitro benzene ring substituents is 1. The highest BCUT2D eigenvalue weighted by Gasteiger charge is 2.21. The van der Waals surface area contributed by atoms with Crippen LogP contribution in [0.15, 0.2) is 28.2 Å². The molecule has 9 heteroatoms. The second-order valence-corrected chi connectivity index (χ2v) is 5.34. The Kier molecular flexibility index (Phi) is 5.34. The van der Waals surface area contributed by atoms with Crippen LogP contribution in [-0.4, -0.2) is 29.9 Å². The Morgan fingerprint density at radius 1 is 1.13 bits per heavy atom. The van der Waals surface area contributed by atoms with E-state index in [-0.39, 0.29) is 17.6 Å². The molecule has 1 aromatic carbocycles. The Morgan fingerprint density at radius 3 is 2.35 bits per heavy atom. The van der Waals surface area contributed by atoms with E-state index in [2.05, 4.69) is 14.9 Å². The van der Waals surface area contributed by atoms with Crippen LogP contribution in [0.25, 0.3) is 0 Å². The topological polar surface area (TPSA) is 149 Å². The van der Waals surface area contributed by atoms with Crippen LogP contribution in [0.5, 0.6) is 0 Å². The Labute approximate surface area is 134 Å².